The summed E-state index contributed by atoms with van der Waals surface area (Å²) in [6.45, 7) is 0. The largest absolute Gasteiger partial charge is 0.198 e. The van der Waals surface area contributed by atoms with E-state index in [9.17, 15) is 0 Å². The van der Waals surface area contributed by atoms with E-state index < -0.39 is 0 Å². The maximum Gasteiger partial charge on any atom is 0.0723 e. The topological polar surface area (TPSA) is 23.8 Å². The Kier molecular flexibility index (Phi) is 1.67. The minimum absolute atomic E-state index is 0.185. The lowest BCUT2D eigenvalue weighted by molar-refractivity contribution is 0.641. The molecule has 1 aromatic rings. The summed E-state index contributed by atoms with van der Waals surface area (Å²) < 4.78 is 0. The average molecular weight is 163 g/mol. The zero-order valence-electron chi connectivity index (χ0n) is 6.21. The van der Waals surface area contributed by atoms with E-state index in [1.807, 2.05) is 0 Å². The van der Waals surface area contributed by atoms with Crippen LogP contribution in [0.5, 0.6) is 0 Å². The second-order valence-corrected chi connectivity index (χ2v) is 3.67. The van der Waals surface area contributed by atoms with Gasteiger partial charge in [-0.25, -0.2) is 0 Å². The molecule has 2 rings (SSSR count). The predicted octanol–water partition coefficient (Wildman–Crippen LogP) is 2.69. The third-order valence-electron chi connectivity index (χ3n) is 2.25. The SMILES string of the molecule is N#CC1CCCc2cscc21. The first-order valence-corrected chi connectivity index (χ1v) is 4.80. The number of nitrogens with zero attached hydrogens (tertiary/aromatic N) is 1. The van der Waals surface area contributed by atoms with E-state index in [-0.39, 0.29) is 5.92 Å². The molecule has 1 nitrogen and oxygen atoms in total. The molecule has 0 spiro atoms. The van der Waals surface area contributed by atoms with Crippen LogP contribution in [0.1, 0.15) is 29.9 Å². The second-order valence-electron chi connectivity index (χ2n) is 2.93. The van der Waals surface area contributed by atoms with Crippen molar-refractivity contribution in [2.24, 2.45) is 0 Å². The lowest BCUT2D eigenvalue weighted by atomic mass is 9.87. The van der Waals surface area contributed by atoms with Crippen LogP contribution in [0.4, 0.5) is 0 Å². The summed E-state index contributed by atoms with van der Waals surface area (Å²) >= 11 is 1.72. The van der Waals surface area contributed by atoms with Crippen LogP contribution in [0.15, 0.2) is 10.8 Å². The van der Waals surface area contributed by atoms with Gasteiger partial charge < -0.3 is 0 Å². The van der Waals surface area contributed by atoms with Gasteiger partial charge in [0.2, 0.25) is 0 Å². The summed E-state index contributed by atoms with van der Waals surface area (Å²) in [4.78, 5) is 0. The van der Waals surface area contributed by atoms with E-state index in [1.165, 1.54) is 24.0 Å². The van der Waals surface area contributed by atoms with Gasteiger partial charge in [-0.05, 0) is 41.1 Å². The van der Waals surface area contributed by atoms with Crippen molar-refractivity contribution in [1.29, 1.82) is 5.26 Å². The van der Waals surface area contributed by atoms with Crippen LogP contribution in [0.3, 0.4) is 0 Å². The zero-order valence-corrected chi connectivity index (χ0v) is 7.03. The maximum absolute atomic E-state index is 8.81. The summed E-state index contributed by atoms with van der Waals surface area (Å²) in [5.41, 5.74) is 2.71. The maximum atomic E-state index is 8.81. The molecule has 0 aromatic carbocycles. The molecule has 1 heterocycles. The van der Waals surface area contributed by atoms with E-state index >= 15 is 0 Å². The number of aryl methyl sites for hydroxylation is 1. The highest BCUT2D eigenvalue weighted by Gasteiger charge is 2.19. The third-order valence-corrected chi connectivity index (χ3v) is 3.06. The molecule has 1 aliphatic rings. The van der Waals surface area contributed by atoms with Crippen molar-refractivity contribution in [3.8, 4) is 6.07 Å². The normalized spacial score (nSPS) is 22.3. The van der Waals surface area contributed by atoms with Crippen LogP contribution in [-0.4, -0.2) is 0 Å². The van der Waals surface area contributed by atoms with Crippen LogP contribution >= 0.6 is 11.3 Å². The molecule has 2 heteroatoms. The molecule has 0 radical (unpaired) electrons. The summed E-state index contributed by atoms with van der Waals surface area (Å²) in [5, 5.41) is 13.1. The smallest absolute Gasteiger partial charge is 0.0723 e. The molecular weight excluding hydrogens is 154 g/mol. The van der Waals surface area contributed by atoms with Crippen LogP contribution < -0.4 is 0 Å². The molecule has 0 saturated carbocycles. The quantitative estimate of drug-likeness (QED) is 0.577. The Morgan fingerprint density at radius 2 is 2.45 bits per heavy atom. The number of rotatable bonds is 0. The van der Waals surface area contributed by atoms with Crippen molar-refractivity contribution in [3.05, 3.63) is 21.9 Å². The molecule has 0 amide bonds. The van der Waals surface area contributed by atoms with Gasteiger partial charge in [0.05, 0.1) is 12.0 Å². The van der Waals surface area contributed by atoms with Gasteiger partial charge in [-0.2, -0.15) is 16.6 Å². The van der Waals surface area contributed by atoms with Gasteiger partial charge >= 0.3 is 0 Å². The molecule has 0 aliphatic heterocycles. The first-order chi connectivity index (χ1) is 5.42. The standard InChI is InChI=1S/C9H9NS/c10-4-7-2-1-3-8-5-11-6-9(7)8/h5-7H,1-3H2. The van der Waals surface area contributed by atoms with Gasteiger partial charge in [-0.1, -0.05) is 0 Å². The van der Waals surface area contributed by atoms with Crippen molar-refractivity contribution in [3.63, 3.8) is 0 Å². The van der Waals surface area contributed by atoms with E-state index in [2.05, 4.69) is 16.8 Å². The van der Waals surface area contributed by atoms with E-state index in [0.717, 1.165) is 6.42 Å². The summed E-state index contributed by atoms with van der Waals surface area (Å²) in [5.74, 6) is 0.185. The Bertz CT molecular complexity index is 295. The van der Waals surface area contributed by atoms with Gasteiger partial charge in [0.25, 0.3) is 0 Å². The van der Waals surface area contributed by atoms with Gasteiger partial charge in [-0.3, -0.25) is 0 Å². The molecule has 0 bridgehead atoms. The van der Waals surface area contributed by atoms with E-state index in [0.29, 0.717) is 0 Å². The number of fused-ring (bicyclic) bond motifs is 1. The van der Waals surface area contributed by atoms with Gasteiger partial charge in [0.1, 0.15) is 0 Å². The fourth-order valence-electron chi connectivity index (χ4n) is 1.63. The van der Waals surface area contributed by atoms with Crippen molar-refractivity contribution >= 4 is 11.3 Å². The Morgan fingerprint density at radius 1 is 1.55 bits per heavy atom. The number of thiophene rings is 1. The fraction of sp³-hybridized carbons (Fsp3) is 0.444. The van der Waals surface area contributed by atoms with E-state index in [4.69, 9.17) is 5.26 Å². The Hall–Kier alpha value is -0.810. The zero-order chi connectivity index (χ0) is 7.68. The third kappa shape index (κ3) is 1.06. The Balaban J connectivity index is 2.41. The lowest BCUT2D eigenvalue weighted by Crippen LogP contribution is -2.04. The van der Waals surface area contributed by atoms with Gasteiger partial charge in [-0.15, -0.1) is 0 Å². The van der Waals surface area contributed by atoms with E-state index in [1.54, 1.807) is 11.3 Å². The monoisotopic (exact) mass is 163 g/mol. The van der Waals surface area contributed by atoms with Crippen LogP contribution in [0.25, 0.3) is 0 Å². The molecule has 0 N–H and O–H groups in total. The van der Waals surface area contributed by atoms with Crippen LogP contribution in [0, 0.1) is 11.3 Å². The first-order valence-electron chi connectivity index (χ1n) is 3.86. The molecule has 1 unspecified atom stereocenters. The van der Waals surface area contributed by atoms with Crippen LogP contribution in [0.2, 0.25) is 0 Å². The summed E-state index contributed by atoms with van der Waals surface area (Å²) in [6.07, 6.45) is 3.42. The Labute approximate surface area is 70.3 Å². The molecule has 1 atom stereocenters. The average Bonchev–Trinajstić information content (AvgIpc) is 2.50. The summed E-state index contributed by atoms with van der Waals surface area (Å²) in [6, 6.07) is 2.35. The summed E-state index contributed by atoms with van der Waals surface area (Å²) in [7, 11) is 0. The fourth-order valence-corrected chi connectivity index (χ4v) is 2.58. The molecule has 1 aromatic heterocycles. The molecule has 0 fully saturated rings. The minimum Gasteiger partial charge on any atom is -0.198 e. The molecular formula is C9H9NS. The molecule has 11 heavy (non-hydrogen) atoms. The number of nitriles is 1. The van der Waals surface area contributed by atoms with Crippen molar-refractivity contribution in [2.75, 3.05) is 0 Å². The molecule has 0 saturated heterocycles. The van der Waals surface area contributed by atoms with Crippen molar-refractivity contribution < 1.29 is 0 Å². The lowest BCUT2D eigenvalue weighted by Gasteiger charge is -2.15. The highest BCUT2D eigenvalue weighted by molar-refractivity contribution is 7.08. The first kappa shape index (κ1) is 6.87. The van der Waals surface area contributed by atoms with Crippen molar-refractivity contribution in [2.45, 2.75) is 25.2 Å². The Morgan fingerprint density at radius 3 is 3.27 bits per heavy atom. The van der Waals surface area contributed by atoms with Gasteiger partial charge in [0, 0.05) is 0 Å². The highest BCUT2D eigenvalue weighted by atomic mass is 32.1. The molecule has 56 valence electrons. The number of hydrogen-bond acceptors (Lipinski definition) is 2. The van der Waals surface area contributed by atoms with Crippen LogP contribution in [-0.2, 0) is 6.42 Å². The molecule has 1 aliphatic carbocycles. The minimum atomic E-state index is 0.185. The predicted molar refractivity (Wildman–Crippen MR) is 45.6 cm³/mol. The second kappa shape index (κ2) is 2.67. The van der Waals surface area contributed by atoms with Gasteiger partial charge in [0.15, 0.2) is 0 Å². The van der Waals surface area contributed by atoms with Crippen molar-refractivity contribution in [1.82, 2.24) is 0 Å². The highest BCUT2D eigenvalue weighted by Crippen LogP contribution is 2.33. The number of hydrogen-bond donors (Lipinski definition) is 0.